The highest BCUT2D eigenvalue weighted by atomic mass is 16.5. The summed E-state index contributed by atoms with van der Waals surface area (Å²) in [4.78, 5) is 13.7. The number of aryl methyl sites for hydroxylation is 2. The summed E-state index contributed by atoms with van der Waals surface area (Å²) in [6.45, 7) is 8.27. The minimum Gasteiger partial charge on any atom is -0.489 e. The molecule has 0 radical (unpaired) electrons. The molecular weight excluding hydrogens is 238 g/mol. The van der Waals surface area contributed by atoms with Crippen molar-refractivity contribution in [3.05, 3.63) is 28.3 Å². The van der Waals surface area contributed by atoms with E-state index in [0.29, 0.717) is 0 Å². The van der Waals surface area contributed by atoms with Crippen molar-refractivity contribution in [2.24, 2.45) is 5.92 Å². The molecule has 104 valence electrons. The second kappa shape index (κ2) is 4.87. The average molecular weight is 261 g/mol. The van der Waals surface area contributed by atoms with E-state index in [1.54, 1.807) is 19.0 Å². The van der Waals surface area contributed by atoms with Gasteiger partial charge in [0.25, 0.3) is 0 Å². The Morgan fingerprint density at radius 1 is 1.32 bits per heavy atom. The third kappa shape index (κ3) is 2.34. The molecule has 0 saturated heterocycles. The number of carbonyl (C=O) groups excluding carboxylic acids is 1. The Balaban J connectivity index is 2.28. The van der Waals surface area contributed by atoms with Crippen LogP contribution in [-0.4, -0.2) is 31.0 Å². The first-order valence-electron chi connectivity index (χ1n) is 6.80. The summed E-state index contributed by atoms with van der Waals surface area (Å²) >= 11 is 0. The molecule has 2 unspecified atom stereocenters. The largest absolute Gasteiger partial charge is 0.489 e. The first-order chi connectivity index (χ1) is 8.82. The lowest BCUT2D eigenvalue weighted by Gasteiger charge is -2.22. The summed E-state index contributed by atoms with van der Waals surface area (Å²) in [6.07, 6.45) is 0.798. The molecule has 0 aromatic heterocycles. The van der Waals surface area contributed by atoms with Crippen molar-refractivity contribution in [3.8, 4) is 5.75 Å². The van der Waals surface area contributed by atoms with E-state index in [4.69, 9.17) is 4.74 Å². The predicted octanol–water partition coefficient (Wildman–Crippen LogP) is 2.64. The number of rotatable bonds is 2. The van der Waals surface area contributed by atoms with Gasteiger partial charge in [-0.15, -0.1) is 0 Å². The Morgan fingerprint density at radius 2 is 1.95 bits per heavy atom. The summed E-state index contributed by atoms with van der Waals surface area (Å²) in [5.74, 6) is 1.02. The maximum Gasteiger partial charge on any atom is 0.228 e. The average Bonchev–Trinajstić information content (AvgIpc) is 2.79. The number of ether oxygens (including phenoxy) is 1. The molecule has 0 bridgehead atoms. The zero-order valence-corrected chi connectivity index (χ0v) is 12.7. The van der Waals surface area contributed by atoms with Crippen LogP contribution in [0.1, 0.15) is 29.2 Å². The molecule has 1 aromatic rings. The standard InChI is InChI=1S/C16H23NO2/c1-9-7-10(2)13-8-14(19-15(13)11(9)3)12(4)16(18)17(5)6/h7,12,14H,8H2,1-6H3. The van der Waals surface area contributed by atoms with Gasteiger partial charge in [0.1, 0.15) is 11.9 Å². The monoisotopic (exact) mass is 261 g/mol. The van der Waals surface area contributed by atoms with Gasteiger partial charge >= 0.3 is 0 Å². The van der Waals surface area contributed by atoms with Gasteiger partial charge in [-0.1, -0.05) is 13.0 Å². The van der Waals surface area contributed by atoms with Crippen LogP contribution < -0.4 is 4.74 Å². The van der Waals surface area contributed by atoms with Gasteiger partial charge in [-0.25, -0.2) is 0 Å². The summed E-state index contributed by atoms with van der Waals surface area (Å²) < 4.78 is 6.08. The van der Waals surface area contributed by atoms with Crippen molar-refractivity contribution >= 4 is 5.91 Å². The fourth-order valence-electron chi connectivity index (χ4n) is 2.76. The molecular formula is C16H23NO2. The Kier molecular flexibility index (Phi) is 3.57. The lowest BCUT2D eigenvalue weighted by Crippen LogP contribution is -2.37. The SMILES string of the molecule is Cc1cc(C)c2c(c1C)OC(C(C)C(=O)N(C)C)C2. The molecule has 1 amide bonds. The van der Waals surface area contributed by atoms with Gasteiger partial charge in [0.05, 0.1) is 5.92 Å². The van der Waals surface area contributed by atoms with E-state index in [9.17, 15) is 4.79 Å². The molecule has 1 aromatic carbocycles. The van der Waals surface area contributed by atoms with Crippen LogP contribution in [0.2, 0.25) is 0 Å². The molecule has 0 aliphatic carbocycles. The van der Waals surface area contributed by atoms with E-state index in [2.05, 4.69) is 26.8 Å². The van der Waals surface area contributed by atoms with E-state index < -0.39 is 0 Å². The Morgan fingerprint density at radius 3 is 2.53 bits per heavy atom. The lowest BCUT2D eigenvalue weighted by atomic mass is 9.94. The van der Waals surface area contributed by atoms with Crippen molar-refractivity contribution in [2.75, 3.05) is 14.1 Å². The van der Waals surface area contributed by atoms with Crippen molar-refractivity contribution in [2.45, 2.75) is 40.2 Å². The Labute approximate surface area is 115 Å². The van der Waals surface area contributed by atoms with Crippen LogP contribution in [0.5, 0.6) is 5.75 Å². The van der Waals surface area contributed by atoms with Crippen LogP contribution >= 0.6 is 0 Å². The first kappa shape index (κ1) is 13.9. The maximum absolute atomic E-state index is 12.1. The van der Waals surface area contributed by atoms with Crippen LogP contribution in [0.15, 0.2) is 6.07 Å². The fraction of sp³-hybridized carbons (Fsp3) is 0.562. The van der Waals surface area contributed by atoms with Crippen LogP contribution in [0.4, 0.5) is 0 Å². The first-order valence-corrected chi connectivity index (χ1v) is 6.80. The second-order valence-corrected chi connectivity index (χ2v) is 5.82. The zero-order valence-electron chi connectivity index (χ0n) is 12.7. The molecule has 2 atom stereocenters. The minimum absolute atomic E-state index is 0.0379. The van der Waals surface area contributed by atoms with Crippen LogP contribution in [0, 0.1) is 26.7 Å². The predicted molar refractivity (Wildman–Crippen MR) is 76.6 cm³/mol. The van der Waals surface area contributed by atoms with Crippen molar-refractivity contribution in [1.82, 2.24) is 4.90 Å². The molecule has 1 aliphatic heterocycles. The van der Waals surface area contributed by atoms with Crippen LogP contribution in [0.3, 0.4) is 0 Å². The smallest absolute Gasteiger partial charge is 0.228 e. The van der Waals surface area contributed by atoms with Crippen molar-refractivity contribution < 1.29 is 9.53 Å². The second-order valence-electron chi connectivity index (χ2n) is 5.82. The highest BCUT2D eigenvalue weighted by Gasteiger charge is 2.34. The Bertz CT molecular complexity index is 520. The molecule has 19 heavy (non-hydrogen) atoms. The van der Waals surface area contributed by atoms with Gasteiger partial charge in [-0.05, 0) is 37.5 Å². The van der Waals surface area contributed by atoms with Crippen LogP contribution in [-0.2, 0) is 11.2 Å². The molecule has 3 nitrogen and oxygen atoms in total. The van der Waals surface area contributed by atoms with Gasteiger partial charge in [-0.2, -0.15) is 0 Å². The highest BCUT2D eigenvalue weighted by Crippen LogP contribution is 2.38. The molecule has 0 N–H and O–H groups in total. The lowest BCUT2D eigenvalue weighted by molar-refractivity contribution is -0.135. The molecule has 0 fully saturated rings. The van der Waals surface area contributed by atoms with Crippen molar-refractivity contribution in [3.63, 3.8) is 0 Å². The van der Waals surface area contributed by atoms with Crippen molar-refractivity contribution in [1.29, 1.82) is 0 Å². The summed E-state index contributed by atoms with van der Waals surface area (Å²) in [6, 6.07) is 2.21. The summed E-state index contributed by atoms with van der Waals surface area (Å²) in [5.41, 5.74) is 4.99. The van der Waals surface area contributed by atoms with E-state index in [-0.39, 0.29) is 17.9 Å². The minimum atomic E-state index is -0.110. The topological polar surface area (TPSA) is 29.5 Å². The number of amides is 1. The van der Waals surface area contributed by atoms with E-state index in [0.717, 1.165) is 12.2 Å². The zero-order chi connectivity index (χ0) is 14.3. The Hall–Kier alpha value is -1.51. The number of benzene rings is 1. The summed E-state index contributed by atoms with van der Waals surface area (Å²) in [5, 5.41) is 0. The van der Waals surface area contributed by atoms with E-state index in [1.807, 2.05) is 6.92 Å². The van der Waals surface area contributed by atoms with Gasteiger partial charge in [0.2, 0.25) is 5.91 Å². The number of hydrogen-bond acceptors (Lipinski definition) is 2. The molecule has 3 heteroatoms. The molecule has 0 spiro atoms. The molecule has 1 aliphatic rings. The number of carbonyl (C=O) groups is 1. The number of nitrogens with zero attached hydrogens (tertiary/aromatic N) is 1. The molecule has 0 saturated carbocycles. The van der Waals surface area contributed by atoms with E-state index in [1.165, 1.54) is 22.3 Å². The number of hydrogen-bond donors (Lipinski definition) is 0. The van der Waals surface area contributed by atoms with Gasteiger partial charge in [-0.3, -0.25) is 4.79 Å². The normalized spacial score (nSPS) is 18.7. The fourth-order valence-corrected chi connectivity index (χ4v) is 2.76. The number of fused-ring (bicyclic) bond motifs is 1. The molecule has 2 rings (SSSR count). The van der Waals surface area contributed by atoms with E-state index >= 15 is 0 Å². The third-order valence-corrected chi connectivity index (χ3v) is 4.18. The van der Waals surface area contributed by atoms with Gasteiger partial charge < -0.3 is 9.64 Å². The highest BCUT2D eigenvalue weighted by molar-refractivity contribution is 5.78. The summed E-state index contributed by atoms with van der Waals surface area (Å²) in [7, 11) is 3.59. The maximum atomic E-state index is 12.1. The quantitative estimate of drug-likeness (QED) is 0.819. The molecule has 1 heterocycles. The van der Waals surface area contributed by atoms with Gasteiger partial charge in [0.15, 0.2) is 0 Å². The third-order valence-electron chi connectivity index (χ3n) is 4.18. The van der Waals surface area contributed by atoms with Gasteiger partial charge in [0, 0.05) is 26.1 Å². The van der Waals surface area contributed by atoms with Crippen LogP contribution in [0.25, 0.3) is 0 Å².